The van der Waals surface area contributed by atoms with Gasteiger partial charge in [0.15, 0.2) is 0 Å². The Kier molecular flexibility index (Phi) is 5.18. The van der Waals surface area contributed by atoms with Crippen LogP contribution in [0.1, 0.15) is 11.3 Å². The Hall–Kier alpha value is -2.49. The van der Waals surface area contributed by atoms with Gasteiger partial charge in [-0.25, -0.2) is 26.5 Å². The van der Waals surface area contributed by atoms with E-state index >= 15 is 0 Å². The van der Waals surface area contributed by atoms with Gasteiger partial charge in [0, 0.05) is 5.39 Å². The van der Waals surface area contributed by atoms with Gasteiger partial charge in [0.1, 0.15) is 0 Å². The number of pyridine rings is 1. The van der Waals surface area contributed by atoms with Crippen molar-refractivity contribution in [2.75, 3.05) is 11.0 Å². The number of hydrogen-bond donors (Lipinski definition) is 2. The summed E-state index contributed by atoms with van der Waals surface area (Å²) >= 11 is 0. The van der Waals surface area contributed by atoms with Crippen molar-refractivity contribution < 1.29 is 16.8 Å². The first kappa shape index (κ1) is 19.3. The lowest BCUT2D eigenvalue weighted by Crippen LogP contribution is -2.21. The van der Waals surface area contributed by atoms with E-state index in [0.29, 0.717) is 16.9 Å². The molecule has 0 bridgehead atoms. The zero-order valence-corrected chi connectivity index (χ0v) is 16.4. The Morgan fingerprint density at radius 1 is 0.926 bits per heavy atom. The zero-order valence-electron chi connectivity index (χ0n) is 14.8. The predicted octanol–water partition coefficient (Wildman–Crippen LogP) is 2.39. The van der Waals surface area contributed by atoms with Crippen molar-refractivity contribution in [1.82, 2.24) is 9.71 Å². The number of fused-ring (bicyclic) bond motifs is 1. The maximum absolute atomic E-state index is 12.7. The minimum absolute atomic E-state index is 0.0216. The van der Waals surface area contributed by atoms with Crippen molar-refractivity contribution in [1.29, 1.82) is 0 Å². The fourth-order valence-electron chi connectivity index (χ4n) is 2.49. The summed E-state index contributed by atoms with van der Waals surface area (Å²) in [5.41, 5.74) is 2.22. The Morgan fingerprint density at radius 2 is 1.63 bits per heavy atom. The van der Waals surface area contributed by atoms with E-state index in [4.69, 9.17) is 0 Å². The molecule has 0 aliphatic rings. The maximum atomic E-state index is 12.7. The van der Waals surface area contributed by atoms with Crippen LogP contribution in [0.2, 0.25) is 0 Å². The highest BCUT2D eigenvalue weighted by Gasteiger charge is 2.16. The van der Waals surface area contributed by atoms with E-state index in [-0.39, 0.29) is 11.4 Å². The summed E-state index contributed by atoms with van der Waals surface area (Å²) in [5.74, 6) is 0. The van der Waals surface area contributed by atoms with Crippen LogP contribution in [0, 0.1) is 6.92 Å². The largest absolute Gasteiger partial charge is 0.277 e. The molecule has 2 aromatic carbocycles. The standard InChI is InChI=1S/C18H19N3O4S2/c1-13-6-10-16(11-7-13)27(24,25)21-17-5-3-4-14-8-9-15(20-18(14)17)12-19-26(2,22)23/h3-11,19,21H,12H2,1-2H3. The third-order valence-corrected chi connectivity index (χ3v) is 5.92. The summed E-state index contributed by atoms with van der Waals surface area (Å²) in [4.78, 5) is 4.57. The highest BCUT2D eigenvalue weighted by atomic mass is 32.2. The van der Waals surface area contributed by atoms with Crippen LogP contribution in [0.25, 0.3) is 10.9 Å². The Morgan fingerprint density at radius 3 is 2.30 bits per heavy atom. The minimum Gasteiger partial charge on any atom is -0.277 e. The molecule has 0 aliphatic heterocycles. The molecule has 3 rings (SSSR count). The summed E-state index contributed by atoms with van der Waals surface area (Å²) in [5, 5.41) is 0.738. The van der Waals surface area contributed by atoms with Gasteiger partial charge in [0.2, 0.25) is 10.0 Å². The smallest absolute Gasteiger partial charge is 0.261 e. The van der Waals surface area contributed by atoms with Crippen molar-refractivity contribution in [3.63, 3.8) is 0 Å². The molecule has 0 unspecified atom stereocenters. The summed E-state index contributed by atoms with van der Waals surface area (Å²) in [7, 11) is -7.13. The lowest BCUT2D eigenvalue weighted by Gasteiger charge is -2.11. The lowest BCUT2D eigenvalue weighted by molar-refractivity contribution is 0.586. The minimum atomic E-state index is -3.77. The van der Waals surface area contributed by atoms with E-state index in [0.717, 1.165) is 17.2 Å². The number of aromatic nitrogens is 1. The van der Waals surface area contributed by atoms with Gasteiger partial charge in [-0.1, -0.05) is 35.9 Å². The number of rotatable bonds is 6. The van der Waals surface area contributed by atoms with Crippen LogP contribution < -0.4 is 9.44 Å². The van der Waals surface area contributed by atoms with Gasteiger partial charge < -0.3 is 0 Å². The molecule has 2 N–H and O–H groups in total. The van der Waals surface area contributed by atoms with Crippen molar-refractivity contribution in [2.45, 2.75) is 18.4 Å². The van der Waals surface area contributed by atoms with Crippen LogP contribution >= 0.6 is 0 Å². The molecule has 3 aromatic rings. The molecule has 0 saturated carbocycles. The first-order valence-corrected chi connectivity index (χ1v) is 11.4. The average molecular weight is 406 g/mol. The summed E-state index contributed by atoms with van der Waals surface area (Å²) < 4.78 is 52.8. The van der Waals surface area contributed by atoms with Gasteiger partial charge in [-0.2, -0.15) is 0 Å². The molecule has 9 heteroatoms. The van der Waals surface area contributed by atoms with E-state index < -0.39 is 20.0 Å². The topological polar surface area (TPSA) is 105 Å². The van der Waals surface area contributed by atoms with E-state index in [1.807, 2.05) is 6.92 Å². The molecule has 0 radical (unpaired) electrons. The lowest BCUT2D eigenvalue weighted by atomic mass is 10.2. The number of hydrogen-bond acceptors (Lipinski definition) is 5. The number of anilines is 1. The highest BCUT2D eigenvalue weighted by molar-refractivity contribution is 7.92. The van der Waals surface area contributed by atoms with E-state index in [1.165, 1.54) is 12.1 Å². The zero-order chi connectivity index (χ0) is 19.7. The van der Waals surface area contributed by atoms with Crippen molar-refractivity contribution in [3.8, 4) is 0 Å². The van der Waals surface area contributed by atoms with Crippen LogP contribution in [-0.2, 0) is 26.6 Å². The van der Waals surface area contributed by atoms with Gasteiger partial charge in [0.25, 0.3) is 10.0 Å². The summed E-state index contributed by atoms with van der Waals surface area (Å²) in [6.07, 6.45) is 1.06. The van der Waals surface area contributed by atoms with E-state index in [9.17, 15) is 16.8 Å². The second-order valence-corrected chi connectivity index (χ2v) is 9.71. The Labute approximate surface area is 158 Å². The van der Waals surface area contributed by atoms with Crippen molar-refractivity contribution >= 4 is 36.6 Å². The normalized spacial score (nSPS) is 12.2. The second-order valence-electron chi connectivity index (χ2n) is 6.19. The first-order chi connectivity index (χ1) is 12.6. The highest BCUT2D eigenvalue weighted by Crippen LogP contribution is 2.25. The molecule has 0 fully saturated rings. The van der Waals surface area contributed by atoms with E-state index in [1.54, 1.807) is 42.5 Å². The molecule has 1 heterocycles. The number of nitrogens with zero attached hydrogens (tertiary/aromatic N) is 1. The fourth-order valence-corrected chi connectivity index (χ4v) is 3.97. The van der Waals surface area contributed by atoms with Crippen molar-refractivity contribution in [3.05, 3.63) is 65.9 Å². The Bertz CT molecular complexity index is 1190. The third kappa shape index (κ3) is 4.82. The van der Waals surface area contributed by atoms with Crippen LogP contribution in [-0.4, -0.2) is 28.1 Å². The molecular weight excluding hydrogens is 386 g/mol. The molecule has 0 aliphatic carbocycles. The number of benzene rings is 2. The molecule has 7 nitrogen and oxygen atoms in total. The summed E-state index contributed by atoms with van der Waals surface area (Å²) in [6, 6.07) is 15.1. The molecule has 27 heavy (non-hydrogen) atoms. The monoisotopic (exact) mass is 405 g/mol. The quantitative estimate of drug-likeness (QED) is 0.655. The molecule has 142 valence electrons. The van der Waals surface area contributed by atoms with Gasteiger partial charge in [-0.05, 0) is 31.2 Å². The predicted molar refractivity (Wildman–Crippen MR) is 105 cm³/mol. The van der Waals surface area contributed by atoms with Gasteiger partial charge in [-0.15, -0.1) is 0 Å². The van der Waals surface area contributed by atoms with Gasteiger partial charge in [-0.3, -0.25) is 4.72 Å². The first-order valence-electron chi connectivity index (χ1n) is 8.07. The van der Waals surface area contributed by atoms with Crippen LogP contribution in [0.3, 0.4) is 0 Å². The fraction of sp³-hybridized carbons (Fsp3) is 0.167. The van der Waals surface area contributed by atoms with E-state index in [2.05, 4.69) is 14.4 Å². The molecular formula is C18H19N3O4S2. The number of aryl methyl sites for hydroxylation is 1. The van der Waals surface area contributed by atoms with Crippen LogP contribution in [0.4, 0.5) is 5.69 Å². The molecule has 1 aromatic heterocycles. The maximum Gasteiger partial charge on any atom is 0.261 e. The third-order valence-electron chi connectivity index (χ3n) is 3.87. The molecule has 0 amide bonds. The van der Waals surface area contributed by atoms with Crippen molar-refractivity contribution in [2.24, 2.45) is 0 Å². The molecule has 0 atom stereocenters. The number of nitrogens with one attached hydrogen (secondary N) is 2. The average Bonchev–Trinajstić information content (AvgIpc) is 2.60. The summed E-state index contributed by atoms with van der Waals surface area (Å²) in [6.45, 7) is 1.90. The Balaban J connectivity index is 1.97. The number of para-hydroxylation sites is 1. The second kappa shape index (κ2) is 7.26. The SMILES string of the molecule is Cc1ccc(S(=O)(=O)Nc2cccc3ccc(CNS(C)(=O)=O)nc23)cc1. The number of sulfonamides is 2. The molecule has 0 saturated heterocycles. The van der Waals surface area contributed by atoms with Gasteiger partial charge in [0.05, 0.1) is 34.6 Å². The molecule has 0 spiro atoms. The van der Waals surface area contributed by atoms with Crippen LogP contribution in [0.5, 0.6) is 0 Å². The van der Waals surface area contributed by atoms with Gasteiger partial charge >= 0.3 is 0 Å². The van der Waals surface area contributed by atoms with Crippen LogP contribution in [0.15, 0.2) is 59.5 Å².